The minimum atomic E-state index is -0.528. The summed E-state index contributed by atoms with van der Waals surface area (Å²) in [5.74, 6) is -0.897. The molecule has 1 saturated heterocycles. The molecule has 2 aliphatic rings. The van der Waals surface area contributed by atoms with Gasteiger partial charge in [0.05, 0.1) is 24.9 Å². The monoisotopic (exact) mass is 451 g/mol. The van der Waals surface area contributed by atoms with Crippen LogP contribution in [0.4, 0.5) is 4.39 Å². The number of carbonyl (C=O) groups excluding carboxylic acids is 2. The molecule has 0 aliphatic carbocycles. The fourth-order valence-electron chi connectivity index (χ4n) is 4.66. The van der Waals surface area contributed by atoms with E-state index in [2.05, 4.69) is 5.10 Å². The molecule has 4 rings (SSSR count). The Kier molecular flexibility index (Phi) is 7.18. The van der Waals surface area contributed by atoms with Gasteiger partial charge >= 0.3 is 5.97 Å². The highest BCUT2D eigenvalue weighted by Gasteiger charge is 2.37. The molecule has 1 amide bonds. The first-order valence-corrected chi connectivity index (χ1v) is 11.6. The van der Waals surface area contributed by atoms with Gasteiger partial charge in [0.15, 0.2) is 0 Å². The van der Waals surface area contributed by atoms with E-state index in [1.807, 2.05) is 36.1 Å². The Morgan fingerprint density at radius 3 is 2.73 bits per heavy atom. The topological polar surface area (TPSA) is 62.2 Å². The van der Waals surface area contributed by atoms with Gasteiger partial charge in [-0.1, -0.05) is 54.4 Å². The van der Waals surface area contributed by atoms with E-state index in [0.717, 1.165) is 29.7 Å². The van der Waals surface area contributed by atoms with E-state index in [4.69, 9.17) is 4.74 Å². The highest BCUT2D eigenvalue weighted by Crippen LogP contribution is 2.34. The predicted molar refractivity (Wildman–Crippen MR) is 124 cm³/mol. The van der Waals surface area contributed by atoms with Crippen molar-refractivity contribution in [3.63, 3.8) is 0 Å². The second kappa shape index (κ2) is 10.3. The second-order valence-electron chi connectivity index (χ2n) is 8.63. The summed E-state index contributed by atoms with van der Waals surface area (Å²) < 4.78 is 20.0. The first-order chi connectivity index (χ1) is 16.0. The zero-order valence-electron chi connectivity index (χ0n) is 19.2. The molecule has 0 aromatic heterocycles. The Hall–Kier alpha value is -3.06. The van der Waals surface area contributed by atoms with Crippen molar-refractivity contribution in [2.45, 2.75) is 51.6 Å². The van der Waals surface area contributed by atoms with Gasteiger partial charge in [0.2, 0.25) is 0 Å². The Labute approximate surface area is 194 Å². The van der Waals surface area contributed by atoms with E-state index in [1.54, 1.807) is 25.1 Å². The number of nitrogens with zero attached hydrogens (tertiary/aromatic N) is 3. The van der Waals surface area contributed by atoms with E-state index in [9.17, 15) is 14.0 Å². The van der Waals surface area contributed by atoms with Crippen LogP contribution in [0, 0.1) is 12.7 Å². The molecule has 2 aromatic rings. The number of esters is 1. The summed E-state index contributed by atoms with van der Waals surface area (Å²) in [6.07, 6.45) is 2.93. The van der Waals surface area contributed by atoms with E-state index >= 15 is 0 Å². The summed E-state index contributed by atoms with van der Waals surface area (Å²) in [4.78, 5) is 27.8. The lowest BCUT2D eigenvalue weighted by Gasteiger charge is -2.34. The van der Waals surface area contributed by atoms with Crippen molar-refractivity contribution in [3.05, 3.63) is 71.0 Å². The molecule has 0 radical (unpaired) electrons. The van der Waals surface area contributed by atoms with Gasteiger partial charge in [0.25, 0.3) is 5.91 Å². The molecule has 0 bridgehead atoms. The quantitative estimate of drug-likeness (QED) is 0.617. The van der Waals surface area contributed by atoms with E-state index in [-0.39, 0.29) is 24.2 Å². The first-order valence-electron chi connectivity index (χ1n) is 11.6. The maximum absolute atomic E-state index is 14.7. The summed E-state index contributed by atoms with van der Waals surface area (Å²) in [7, 11) is 0. The highest BCUT2D eigenvalue weighted by atomic mass is 19.1. The second-order valence-corrected chi connectivity index (χ2v) is 8.63. The van der Waals surface area contributed by atoms with Crippen LogP contribution in [0.5, 0.6) is 0 Å². The van der Waals surface area contributed by atoms with Crippen molar-refractivity contribution in [1.82, 2.24) is 9.91 Å². The van der Waals surface area contributed by atoms with Crippen molar-refractivity contribution in [2.24, 2.45) is 5.10 Å². The Balaban J connectivity index is 1.61. The van der Waals surface area contributed by atoms with Crippen LogP contribution in [0.25, 0.3) is 0 Å². The number of hydrazone groups is 1. The van der Waals surface area contributed by atoms with Crippen molar-refractivity contribution < 1.29 is 18.7 Å². The number of amides is 1. The van der Waals surface area contributed by atoms with Gasteiger partial charge < -0.3 is 4.74 Å². The van der Waals surface area contributed by atoms with Gasteiger partial charge in [-0.05, 0) is 44.9 Å². The maximum Gasteiger partial charge on any atom is 0.323 e. The SMILES string of the molecule is CCOC(=O)[C@@H]1CCCCN1CC(=O)N1N=C(c2cccc(C)c2)C[C@@H]1c1ccccc1F. The van der Waals surface area contributed by atoms with Crippen molar-refractivity contribution in [1.29, 1.82) is 0 Å². The van der Waals surface area contributed by atoms with Gasteiger partial charge in [-0.15, -0.1) is 0 Å². The van der Waals surface area contributed by atoms with Crippen molar-refractivity contribution in [2.75, 3.05) is 19.7 Å². The number of hydrogen-bond donors (Lipinski definition) is 0. The average Bonchev–Trinajstić information content (AvgIpc) is 3.25. The number of hydrogen-bond acceptors (Lipinski definition) is 5. The third-order valence-corrected chi connectivity index (χ3v) is 6.29. The molecule has 174 valence electrons. The molecule has 0 N–H and O–H groups in total. The maximum atomic E-state index is 14.7. The zero-order valence-corrected chi connectivity index (χ0v) is 19.2. The van der Waals surface area contributed by atoms with E-state index in [1.165, 1.54) is 11.1 Å². The molecule has 0 spiro atoms. The normalized spacial score (nSPS) is 21.1. The lowest BCUT2D eigenvalue weighted by molar-refractivity contribution is -0.152. The Bertz CT molecular complexity index is 1050. The molecular weight excluding hydrogens is 421 g/mol. The lowest BCUT2D eigenvalue weighted by atomic mass is 9.97. The van der Waals surface area contributed by atoms with Gasteiger partial charge in [-0.3, -0.25) is 14.5 Å². The number of halogens is 1. The summed E-state index contributed by atoms with van der Waals surface area (Å²) in [6.45, 7) is 4.77. The molecule has 0 saturated carbocycles. The number of carbonyl (C=O) groups is 2. The van der Waals surface area contributed by atoms with E-state index < -0.39 is 12.1 Å². The molecule has 2 heterocycles. The minimum Gasteiger partial charge on any atom is -0.465 e. The summed E-state index contributed by atoms with van der Waals surface area (Å²) in [5.41, 5.74) is 3.21. The number of likely N-dealkylation sites (tertiary alicyclic amines) is 1. The molecule has 6 nitrogen and oxygen atoms in total. The summed E-state index contributed by atoms with van der Waals surface area (Å²) in [5, 5.41) is 6.07. The van der Waals surface area contributed by atoms with Gasteiger partial charge in [-0.2, -0.15) is 5.10 Å². The summed E-state index contributed by atoms with van der Waals surface area (Å²) in [6, 6.07) is 13.5. The molecule has 2 aromatic carbocycles. The van der Waals surface area contributed by atoms with Crippen LogP contribution in [0.3, 0.4) is 0 Å². The molecule has 1 fully saturated rings. The molecular formula is C26H30FN3O3. The number of ether oxygens (including phenoxy) is 1. The predicted octanol–water partition coefficient (Wildman–Crippen LogP) is 4.23. The van der Waals surface area contributed by atoms with Crippen LogP contribution in [-0.4, -0.2) is 53.2 Å². The number of benzene rings is 2. The number of piperidine rings is 1. The van der Waals surface area contributed by atoms with Crippen LogP contribution >= 0.6 is 0 Å². The van der Waals surface area contributed by atoms with Gasteiger partial charge in [-0.25, -0.2) is 9.40 Å². The van der Waals surface area contributed by atoms with Gasteiger partial charge in [0.1, 0.15) is 11.9 Å². The highest BCUT2D eigenvalue weighted by molar-refractivity contribution is 6.03. The fourth-order valence-corrected chi connectivity index (χ4v) is 4.66. The number of rotatable bonds is 6. The Morgan fingerprint density at radius 1 is 1.15 bits per heavy atom. The van der Waals surface area contributed by atoms with Gasteiger partial charge in [0, 0.05) is 12.0 Å². The van der Waals surface area contributed by atoms with Crippen LogP contribution in [0.2, 0.25) is 0 Å². The molecule has 2 aliphatic heterocycles. The molecule has 7 heteroatoms. The van der Waals surface area contributed by atoms with Crippen LogP contribution < -0.4 is 0 Å². The van der Waals surface area contributed by atoms with Crippen molar-refractivity contribution in [3.8, 4) is 0 Å². The molecule has 2 atom stereocenters. The van der Waals surface area contributed by atoms with Crippen LogP contribution in [0.15, 0.2) is 53.6 Å². The van der Waals surface area contributed by atoms with Crippen molar-refractivity contribution >= 4 is 17.6 Å². The Morgan fingerprint density at radius 2 is 1.97 bits per heavy atom. The minimum absolute atomic E-state index is 0.0407. The summed E-state index contributed by atoms with van der Waals surface area (Å²) >= 11 is 0. The smallest absolute Gasteiger partial charge is 0.323 e. The van der Waals surface area contributed by atoms with Crippen LogP contribution in [0.1, 0.15) is 55.3 Å². The first kappa shape index (κ1) is 23.1. The average molecular weight is 452 g/mol. The van der Waals surface area contributed by atoms with E-state index in [0.29, 0.717) is 31.6 Å². The molecule has 33 heavy (non-hydrogen) atoms. The van der Waals surface area contributed by atoms with Crippen LogP contribution in [-0.2, 0) is 14.3 Å². The fraction of sp³-hybridized carbons (Fsp3) is 0.423. The standard InChI is InChI=1S/C26H30FN3O3/c1-3-33-26(32)23-13-6-7-14-29(23)17-25(31)30-24(20-11-4-5-12-21(20)27)16-22(28-30)19-10-8-9-18(2)15-19/h4-5,8-12,15,23-24H,3,6-7,13-14,16-17H2,1-2H3/t23-,24+/m0/s1. The molecule has 0 unspecified atom stereocenters. The lowest BCUT2D eigenvalue weighted by Crippen LogP contribution is -2.49. The third kappa shape index (κ3) is 5.14. The zero-order chi connectivity index (χ0) is 23.4. The number of aryl methyl sites for hydroxylation is 1. The largest absolute Gasteiger partial charge is 0.465 e. The third-order valence-electron chi connectivity index (χ3n) is 6.29.